The highest BCUT2D eigenvalue weighted by atomic mass is 127. The first-order valence-electron chi connectivity index (χ1n) is 10.4. The number of anilines is 1. The molecule has 0 saturated carbocycles. The van der Waals surface area contributed by atoms with Crippen LogP contribution >= 0.6 is 24.0 Å². The average Bonchev–Trinajstić information content (AvgIpc) is 2.71. The van der Waals surface area contributed by atoms with Gasteiger partial charge in [-0.3, -0.25) is 0 Å². The molecule has 0 bridgehead atoms. The summed E-state index contributed by atoms with van der Waals surface area (Å²) in [7, 11) is 0. The Bertz CT molecular complexity index is 773. The number of benzene rings is 1. The third-order valence-corrected chi connectivity index (χ3v) is 5.04. The van der Waals surface area contributed by atoms with Crippen molar-refractivity contribution in [2.75, 3.05) is 57.4 Å². The second-order valence-corrected chi connectivity index (χ2v) is 8.51. The van der Waals surface area contributed by atoms with Crippen LogP contribution < -0.4 is 10.6 Å². The van der Waals surface area contributed by atoms with Crippen LogP contribution in [0.4, 0.5) is 14.9 Å². The van der Waals surface area contributed by atoms with Crippen LogP contribution in [0.5, 0.6) is 0 Å². The largest absolute Gasteiger partial charge is 0.444 e. The number of nitrogens with zero attached hydrogens (tertiary/aromatic N) is 4. The van der Waals surface area contributed by atoms with Crippen LogP contribution in [0.1, 0.15) is 26.3 Å². The summed E-state index contributed by atoms with van der Waals surface area (Å²) in [6, 6.07) is 5.19. The van der Waals surface area contributed by atoms with Crippen LogP contribution in [0.3, 0.4) is 0 Å². The molecule has 31 heavy (non-hydrogen) atoms. The molecule has 2 aliphatic heterocycles. The van der Waals surface area contributed by atoms with Crippen LogP contribution in [-0.2, 0) is 16.0 Å². The van der Waals surface area contributed by atoms with Gasteiger partial charge in [0.15, 0.2) is 5.96 Å². The van der Waals surface area contributed by atoms with E-state index in [1.807, 2.05) is 36.6 Å². The fraction of sp³-hybridized carbons (Fsp3) is 0.619. The van der Waals surface area contributed by atoms with Crippen molar-refractivity contribution in [3.63, 3.8) is 0 Å². The minimum absolute atomic E-state index is 0. The fourth-order valence-corrected chi connectivity index (χ4v) is 3.43. The van der Waals surface area contributed by atoms with Gasteiger partial charge in [-0.15, -0.1) is 24.0 Å². The molecule has 0 spiro atoms. The van der Waals surface area contributed by atoms with E-state index >= 15 is 0 Å². The number of nitrogens with two attached hydrogens (primary N) is 1. The summed E-state index contributed by atoms with van der Waals surface area (Å²) in [5, 5.41) is 0. The quantitative estimate of drug-likeness (QED) is 0.355. The Morgan fingerprint density at radius 3 is 2.32 bits per heavy atom. The molecule has 2 saturated heterocycles. The lowest BCUT2D eigenvalue weighted by atomic mass is 10.1. The number of carbonyl (C=O) groups is 1. The zero-order valence-corrected chi connectivity index (χ0v) is 20.8. The van der Waals surface area contributed by atoms with Gasteiger partial charge >= 0.3 is 6.09 Å². The third-order valence-electron chi connectivity index (χ3n) is 5.04. The minimum atomic E-state index is -0.513. The number of carbonyl (C=O) groups excluding carboxylic acids is 1. The van der Waals surface area contributed by atoms with E-state index < -0.39 is 5.60 Å². The molecule has 0 aromatic heterocycles. The summed E-state index contributed by atoms with van der Waals surface area (Å²) >= 11 is 0. The molecule has 1 aromatic rings. The van der Waals surface area contributed by atoms with Crippen LogP contribution in [0.2, 0.25) is 0 Å². The second kappa shape index (κ2) is 11.2. The van der Waals surface area contributed by atoms with Gasteiger partial charge in [-0.1, -0.05) is 6.07 Å². The number of guanidine groups is 1. The number of hydrogen-bond acceptors (Lipinski definition) is 5. The summed E-state index contributed by atoms with van der Waals surface area (Å²) in [5.41, 5.74) is 6.98. The van der Waals surface area contributed by atoms with Crippen molar-refractivity contribution in [3.05, 3.63) is 29.6 Å². The van der Waals surface area contributed by atoms with Crippen LogP contribution in [0.25, 0.3) is 0 Å². The Labute approximate surface area is 200 Å². The molecule has 3 rings (SSSR count). The molecule has 1 amide bonds. The molecule has 2 aliphatic rings. The molecule has 0 aliphatic carbocycles. The lowest BCUT2D eigenvalue weighted by molar-refractivity contribution is 0.0186. The number of aliphatic imine (C=N–C) groups is 1. The molecule has 0 unspecified atom stereocenters. The average molecular weight is 549 g/mol. The van der Waals surface area contributed by atoms with Gasteiger partial charge in [0.2, 0.25) is 0 Å². The van der Waals surface area contributed by atoms with Crippen molar-refractivity contribution in [2.45, 2.75) is 32.9 Å². The van der Waals surface area contributed by atoms with E-state index in [1.54, 1.807) is 11.0 Å². The number of rotatable bonds is 3. The molecule has 2 heterocycles. The van der Waals surface area contributed by atoms with Gasteiger partial charge in [0.1, 0.15) is 11.4 Å². The lowest BCUT2D eigenvalue weighted by Gasteiger charge is -2.36. The molecular weight excluding hydrogens is 516 g/mol. The zero-order chi connectivity index (χ0) is 21.7. The van der Waals surface area contributed by atoms with Crippen molar-refractivity contribution >= 4 is 41.7 Å². The summed E-state index contributed by atoms with van der Waals surface area (Å²) in [5.74, 6) is 0.144. The summed E-state index contributed by atoms with van der Waals surface area (Å²) in [4.78, 5) is 22.2. The van der Waals surface area contributed by atoms with Gasteiger partial charge < -0.3 is 29.9 Å². The van der Waals surface area contributed by atoms with E-state index in [0.717, 1.165) is 5.56 Å². The van der Waals surface area contributed by atoms with E-state index in [-0.39, 0.29) is 35.9 Å². The highest BCUT2D eigenvalue weighted by molar-refractivity contribution is 14.0. The smallest absolute Gasteiger partial charge is 0.410 e. The van der Waals surface area contributed by atoms with Gasteiger partial charge in [0.05, 0.1) is 25.4 Å². The fourth-order valence-electron chi connectivity index (χ4n) is 3.43. The number of ether oxygens (including phenoxy) is 2. The van der Waals surface area contributed by atoms with Crippen molar-refractivity contribution in [1.29, 1.82) is 0 Å². The van der Waals surface area contributed by atoms with Gasteiger partial charge in [-0.2, -0.15) is 0 Å². The van der Waals surface area contributed by atoms with Gasteiger partial charge in [-0.05, 0) is 38.5 Å². The SMILES string of the molecule is CC(C)(C)OC(=O)N1CCN(C(N)=NCc2ccc(N3CCOCC3)c(F)c2)CC1.I. The standard InChI is InChI=1S/C21H32FN5O3.HI/c1-21(2,3)30-20(28)27-8-6-26(7-9-27)19(23)24-15-16-4-5-18(17(22)14-16)25-10-12-29-13-11-25;/h4-5,14H,6-13,15H2,1-3H3,(H2,23,24);1H. The molecule has 1 aromatic carbocycles. The van der Waals surface area contributed by atoms with E-state index in [4.69, 9.17) is 15.2 Å². The first kappa shape index (κ1) is 25.4. The molecule has 2 fully saturated rings. The minimum Gasteiger partial charge on any atom is -0.444 e. The number of amides is 1. The van der Waals surface area contributed by atoms with Gasteiger partial charge in [0, 0.05) is 39.3 Å². The Balaban J connectivity index is 0.00000341. The van der Waals surface area contributed by atoms with Crippen LogP contribution in [0, 0.1) is 5.82 Å². The van der Waals surface area contributed by atoms with Crippen molar-refractivity contribution in [3.8, 4) is 0 Å². The second-order valence-electron chi connectivity index (χ2n) is 8.51. The van der Waals surface area contributed by atoms with E-state index in [9.17, 15) is 9.18 Å². The maximum atomic E-state index is 14.5. The number of halogens is 2. The summed E-state index contributed by atoms with van der Waals surface area (Å²) in [6.45, 7) is 10.7. The third kappa shape index (κ3) is 7.37. The van der Waals surface area contributed by atoms with E-state index in [2.05, 4.69) is 4.99 Å². The molecule has 174 valence electrons. The lowest BCUT2D eigenvalue weighted by Crippen LogP contribution is -2.53. The molecule has 0 radical (unpaired) electrons. The Hall–Kier alpha value is -1.82. The van der Waals surface area contributed by atoms with Crippen molar-refractivity contribution in [2.24, 2.45) is 10.7 Å². The molecule has 10 heteroatoms. The van der Waals surface area contributed by atoms with Crippen molar-refractivity contribution < 1.29 is 18.7 Å². The first-order chi connectivity index (χ1) is 14.2. The molecule has 8 nitrogen and oxygen atoms in total. The Kier molecular flexibility index (Phi) is 9.16. The highest BCUT2D eigenvalue weighted by Gasteiger charge is 2.26. The van der Waals surface area contributed by atoms with Crippen molar-refractivity contribution in [1.82, 2.24) is 9.80 Å². The Morgan fingerprint density at radius 1 is 1.13 bits per heavy atom. The summed E-state index contributed by atoms with van der Waals surface area (Å²) < 4.78 is 25.3. The summed E-state index contributed by atoms with van der Waals surface area (Å²) in [6.07, 6.45) is -0.312. The molecule has 2 N–H and O–H groups in total. The maximum Gasteiger partial charge on any atom is 0.410 e. The maximum absolute atomic E-state index is 14.5. The highest BCUT2D eigenvalue weighted by Crippen LogP contribution is 2.22. The molecular formula is C21H33FIN5O3. The number of piperazine rings is 1. The van der Waals surface area contributed by atoms with Crippen LogP contribution in [0.15, 0.2) is 23.2 Å². The first-order valence-corrected chi connectivity index (χ1v) is 10.4. The van der Waals surface area contributed by atoms with E-state index in [0.29, 0.717) is 70.7 Å². The molecule has 0 atom stereocenters. The van der Waals surface area contributed by atoms with Gasteiger partial charge in [-0.25, -0.2) is 14.2 Å². The number of hydrogen-bond donors (Lipinski definition) is 1. The van der Waals surface area contributed by atoms with Gasteiger partial charge in [0.25, 0.3) is 0 Å². The monoisotopic (exact) mass is 549 g/mol. The van der Waals surface area contributed by atoms with E-state index in [1.165, 1.54) is 6.07 Å². The predicted octanol–water partition coefficient (Wildman–Crippen LogP) is 2.65. The normalized spacial score (nSPS) is 17.9. The van der Waals surface area contributed by atoms with Crippen LogP contribution in [-0.4, -0.2) is 79.9 Å². The number of morpholine rings is 1. The zero-order valence-electron chi connectivity index (χ0n) is 18.5. The predicted molar refractivity (Wildman–Crippen MR) is 130 cm³/mol. The topological polar surface area (TPSA) is 83.6 Å². The Morgan fingerprint density at radius 2 is 1.74 bits per heavy atom.